The fraction of sp³-hybridized carbons (Fsp3) is 0.375. The van der Waals surface area contributed by atoms with Gasteiger partial charge in [-0.05, 0) is 31.4 Å². The molecule has 1 aliphatic heterocycles. The summed E-state index contributed by atoms with van der Waals surface area (Å²) in [4.78, 5) is 41.8. The zero-order valence-corrected chi connectivity index (χ0v) is 12.7. The van der Waals surface area contributed by atoms with E-state index in [4.69, 9.17) is 5.11 Å². The number of carboxylic acid groups (broad SMARTS) is 1. The predicted molar refractivity (Wildman–Crippen MR) is 82.5 cm³/mol. The average molecular weight is 315 g/mol. The molecule has 0 radical (unpaired) electrons. The van der Waals surface area contributed by atoms with Gasteiger partial charge in [0.1, 0.15) is 11.2 Å². The number of pyridine rings is 1. The third kappa shape index (κ3) is 2.81. The fourth-order valence-electron chi connectivity index (χ4n) is 2.86. The summed E-state index contributed by atoms with van der Waals surface area (Å²) in [5.74, 6) is -1.94. The highest BCUT2D eigenvalue weighted by molar-refractivity contribution is 5.94. The second kappa shape index (κ2) is 5.83. The molecule has 0 saturated carbocycles. The maximum absolute atomic E-state index is 12.6. The SMILES string of the molecule is Cc1ccc2ncc(C(=O)N3CCC[C@@H](C(=O)O)C3)c(=O)n2c1. The fourth-order valence-corrected chi connectivity index (χ4v) is 2.86. The van der Waals surface area contributed by atoms with E-state index in [9.17, 15) is 14.4 Å². The van der Waals surface area contributed by atoms with Gasteiger partial charge in [0.2, 0.25) is 0 Å². The van der Waals surface area contributed by atoms with Crippen molar-refractivity contribution in [3.8, 4) is 0 Å². The molecule has 0 bridgehead atoms. The predicted octanol–water partition coefficient (Wildman–Crippen LogP) is 0.940. The molecule has 0 spiro atoms. The lowest BCUT2D eigenvalue weighted by atomic mass is 9.98. The molecular formula is C16H17N3O4. The molecule has 1 amide bonds. The smallest absolute Gasteiger partial charge is 0.308 e. The van der Waals surface area contributed by atoms with Crippen molar-refractivity contribution in [3.05, 3.63) is 46.0 Å². The van der Waals surface area contributed by atoms with Crippen LogP contribution in [0.3, 0.4) is 0 Å². The number of aromatic nitrogens is 2. The number of aryl methyl sites for hydroxylation is 1. The summed E-state index contributed by atoms with van der Waals surface area (Å²) >= 11 is 0. The van der Waals surface area contributed by atoms with Crippen LogP contribution in [-0.2, 0) is 4.79 Å². The lowest BCUT2D eigenvalue weighted by molar-refractivity contribution is -0.143. The summed E-state index contributed by atoms with van der Waals surface area (Å²) in [7, 11) is 0. The Bertz CT molecular complexity index is 843. The minimum Gasteiger partial charge on any atom is -0.481 e. The van der Waals surface area contributed by atoms with Crippen molar-refractivity contribution < 1.29 is 14.7 Å². The molecule has 1 N–H and O–H groups in total. The molecule has 120 valence electrons. The molecule has 3 rings (SSSR count). The Balaban J connectivity index is 1.96. The van der Waals surface area contributed by atoms with E-state index in [0.29, 0.717) is 25.0 Å². The molecule has 1 saturated heterocycles. The van der Waals surface area contributed by atoms with Crippen molar-refractivity contribution in [1.29, 1.82) is 0 Å². The first kappa shape index (κ1) is 15.2. The Labute approximate surface area is 132 Å². The van der Waals surface area contributed by atoms with Gasteiger partial charge < -0.3 is 10.0 Å². The standard InChI is InChI=1S/C16H17N3O4/c1-10-4-5-13-17-7-12(15(21)19(13)8-10)14(20)18-6-2-3-11(9-18)16(22)23/h4-5,7-8,11H,2-3,6,9H2,1H3,(H,22,23)/t11-/m1/s1. The van der Waals surface area contributed by atoms with Gasteiger partial charge in [-0.25, -0.2) is 4.98 Å². The molecule has 1 fully saturated rings. The number of fused-ring (bicyclic) bond motifs is 1. The Morgan fingerprint density at radius 3 is 2.87 bits per heavy atom. The van der Waals surface area contributed by atoms with Crippen molar-refractivity contribution in [2.75, 3.05) is 13.1 Å². The van der Waals surface area contributed by atoms with Gasteiger partial charge in [0.15, 0.2) is 0 Å². The van der Waals surface area contributed by atoms with E-state index in [2.05, 4.69) is 4.98 Å². The summed E-state index contributed by atoms with van der Waals surface area (Å²) in [6.07, 6.45) is 4.08. The number of rotatable bonds is 2. The second-order valence-electron chi connectivity index (χ2n) is 5.84. The largest absolute Gasteiger partial charge is 0.481 e. The molecule has 7 heteroatoms. The van der Waals surface area contributed by atoms with E-state index in [0.717, 1.165) is 5.56 Å². The quantitative estimate of drug-likeness (QED) is 0.890. The monoisotopic (exact) mass is 315 g/mol. The van der Waals surface area contributed by atoms with Crippen LogP contribution in [0.1, 0.15) is 28.8 Å². The van der Waals surface area contributed by atoms with Crippen molar-refractivity contribution in [1.82, 2.24) is 14.3 Å². The molecule has 23 heavy (non-hydrogen) atoms. The molecule has 1 aliphatic rings. The molecule has 2 aromatic heterocycles. The summed E-state index contributed by atoms with van der Waals surface area (Å²) in [5, 5.41) is 9.12. The van der Waals surface area contributed by atoms with Crippen LogP contribution in [0, 0.1) is 12.8 Å². The summed E-state index contributed by atoms with van der Waals surface area (Å²) in [6, 6.07) is 3.55. The first-order chi connectivity index (χ1) is 11.0. The zero-order chi connectivity index (χ0) is 16.6. The molecule has 7 nitrogen and oxygen atoms in total. The molecule has 0 aliphatic carbocycles. The van der Waals surface area contributed by atoms with Gasteiger partial charge in [0.05, 0.1) is 5.92 Å². The number of aliphatic carboxylic acids is 1. The van der Waals surface area contributed by atoms with Crippen molar-refractivity contribution >= 4 is 17.5 Å². The van der Waals surface area contributed by atoms with Crippen LogP contribution in [0.5, 0.6) is 0 Å². The van der Waals surface area contributed by atoms with Gasteiger partial charge in [-0.1, -0.05) is 6.07 Å². The Morgan fingerprint density at radius 2 is 2.13 bits per heavy atom. The second-order valence-corrected chi connectivity index (χ2v) is 5.84. The lowest BCUT2D eigenvalue weighted by Crippen LogP contribution is -2.44. The van der Waals surface area contributed by atoms with Gasteiger partial charge in [0, 0.05) is 25.5 Å². The van der Waals surface area contributed by atoms with Gasteiger partial charge in [0.25, 0.3) is 11.5 Å². The number of likely N-dealkylation sites (tertiary alicyclic amines) is 1. The molecule has 0 aromatic carbocycles. The summed E-state index contributed by atoms with van der Waals surface area (Å²) in [6.45, 7) is 2.44. The van der Waals surface area contributed by atoms with E-state index in [1.54, 1.807) is 12.3 Å². The first-order valence-electron chi connectivity index (χ1n) is 7.47. The Hall–Kier alpha value is -2.70. The van der Waals surface area contributed by atoms with E-state index in [1.807, 2.05) is 13.0 Å². The Kier molecular flexibility index (Phi) is 3.85. The van der Waals surface area contributed by atoms with Crippen LogP contribution in [0.25, 0.3) is 5.65 Å². The number of hydrogen-bond donors (Lipinski definition) is 1. The van der Waals surface area contributed by atoms with Crippen molar-refractivity contribution in [2.45, 2.75) is 19.8 Å². The molecule has 2 aromatic rings. The highest BCUT2D eigenvalue weighted by atomic mass is 16.4. The normalized spacial score (nSPS) is 18.1. The van der Waals surface area contributed by atoms with Crippen LogP contribution in [0.2, 0.25) is 0 Å². The molecule has 0 unspecified atom stereocenters. The molecule has 1 atom stereocenters. The number of carbonyl (C=O) groups excluding carboxylic acids is 1. The Morgan fingerprint density at radius 1 is 1.35 bits per heavy atom. The third-order valence-electron chi connectivity index (χ3n) is 4.14. The summed E-state index contributed by atoms with van der Waals surface area (Å²) in [5.41, 5.74) is 0.898. The molecule has 3 heterocycles. The van der Waals surface area contributed by atoms with Gasteiger partial charge in [-0.2, -0.15) is 0 Å². The highest BCUT2D eigenvalue weighted by Gasteiger charge is 2.30. The maximum Gasteiger partial charge on any atom is 0.308 e. The van der Waals surface area contributed by atoms with Crippen molar-refractivity contribution in [2.24, 2.45) is 5.92 Å². The van der Waals surface area contributed by atoms with Crippen LogP contribution < -0.4 is 5.56 Å². The zero-order valence-electron chi connectivity index (χ0n) is 12.7. The van der Waals surface area contributed by atoms with Crippen LogP contribution in [0.15, 0.2) is 29.3 Å². The molecular weight excluding hydrogens is 298 g/mol. The minimum absolute atomic E-state index is 0.0286. The van der Waals surface area contributed by atoms with Crippen LogP contribution >= 0.6 is 0 Å². The average Bonchev–Trinajstić information content (AvgIpc) is 2.55. The van der Waals surface area contributed by atoms with E-state index < -0.39 is 23.4 Å². The van der Waals surface area contributed by atoms with Gasteiger partial charge >= 0.3 is 5.97 Å². The number of hydrogen-bond acceptors (Lipinski definition) is 4. The van der Waals surface area contributed by atoms with Crippen molar-refractivity contribution in [3.63, 3.8) is 0 Å². The maximum atomic E-state index is 12.6. The van der Waals surface area contributed by atoms with Gasteiger partial charge in [-0.3, -0.25) is 18.8 Å². The van der Waals surface area contributed by atoms with E-state index in [1.165, 1.54) is 15.5 Å². The van der Waals surface area contributed by atoms with E-state index >= 15 is 0 Å². The third-order valence-corrected chi connectivity index (χ3v) is 4.14. The number of piperidine rings is 1. The number of nitrogens with zero attached hydrogens (tertiary/aromatic N) is 3. The topological polar surface area (TPSA) is 92.0 Å². The van der Waals surface area contributed by atoms with Crippen LogP contribution in [-0.4, -0.2) is 44.4 Å². The highest BCUT2D eigenvalue weighted by Crippen LogP contribution is 2.18. The minimum atomic E-state index is -0.911. The number of amides is 1. The van der Waals surface area contributed by atoms with E-state index in [-0.39, 0.29) is 12.1 Å². The lowest BCUT2D eigenvalue weighted by Gasteiger charge is -2.30. The first-order valence-corrected chi connectivity index (χ1v) is 7.47. The van der Waals surface area contributed by atoms with Crippen LogP contribution in [0.4, 0.5) is 0 Å². The summed E-state index contributed by atoms with van der Waals surface area (Å²) < 4.78 is 1.35. The number of carbonyl (C=O) groups is 2. The number of carboxylic acids is 1. The van der Waals surface area contributed by atoms with Gasteiger partial charge in [-0.15, -0.1) is 0 Å².